The Morgan fingerprint density at radius 3 is 2.82 bits per heavy atom. The smallest absolute Gasteiger partial charge is 0.192 e. The van der Waals surface area contributed by atoms with Crippen molar-refractivity contribution in [3.63, 3.8) is 0 Å². The van der Waals surface area contributed by atoms with E-state index in [-0.39, 0.29) is 6.10 Å². The zero-order valence-electron chi connectivity index (χ0n) is 10.5. The van der Waals surface area contributed by atoms with E-state index in [0.717, 1.165) is 16.9 Å². The summed E-state index contributed by atoms with van der Waals surface area (Å²) in [5.41, 5.74) is 7.64. The van der Waals surface area contributed by atoms with E-state index >= 15 is 0 Å². The van der Waals surface area contributed by atoms with Crippen molar-refractivity contribution < 1.29 is 14.2 Å². The fraction of sp³-hybridized carbons (Fsp3) is 0.538. The summed E-state index contributed by atoms with van der Waals surface area (Å²) in [6, 6.07) is 5.92. The standard InChI is InChI=1S/C13H19NO3/c1-9-6-10(4-5-12(9)15-3)13(2)16-8-11(7-14)17-13/h4-6,11H,7-8,14H2,1-3H3. The molecule has 94 valence electrons. The van der Waals surface area contributed by atoms with Gasteiger partial charge in [-0.1, -0.05) is 0 Å². The Kier molecular flexibility index (Phi) is 3.38. The Morgan fingerprint density at radius 2 is 2.29 bits per heavy atom. The molecule has 2 N–H and O–H groups in total. The lowest BCUT2D eigenvalue weighted by Gasteiger charge is -2.24. The number of rotatable bonds is 3. The minimum atomic E-state index is -0.693. The lowest BCUT2D eigenvalue weighted by molar-refractivity contribution is -0.160. The van der Waals surface area contributed by atoms with Gasteiger partial charge in [0.05, 0.1) is 19.8 Å². The summed E-state index contributed by atoms with van der Waals surface area (Å²) < 4.78 is 16.8. The molecule has 0 radical (unpaired) electrons. The third kappa shape index (κ3) is 2.29. The zero-order valence-corrected chi connectivity index (χ0v) is 10.5. The van der Waals surface area contributed by atoms with Crippen molar-refractivity contribution in [1.29, 1.82) is 0 Å². The average molecular weight is 237 g/mol. The molecule has 0 aromatic heterocycles. The highest BCUT2D eigenvalue weighted by molar-refractivity contribution is 5.37. The molecule has 1 aromatic carbocycles. The quantitative estimate of drug-likeness (QED) is 0.866. The fourth-order valence-corrected chi connectivity index (χ4v) is 2.07. The molecule has 2 atom stereocenters. The van der Waals surface area contributed by atoms with E-state index in [9.17, 15) is 0 Å². The maximum Gasteiger partial charge on any atom is 0.192 e. The highest BCUT2D eigenvalue weighted by atomic mass is 16.7. The SMILES string of the molecule is COc1ccc(C2(C)OCC(CN)O2)cc1C. The maximum absolute atomic E-state index is 5.82. The van der Waals surface area contributed by atoms with Gasteiger partial charge in [0.15, 0.2) is 5.79 Å². The molecule has 0 spiro atoms. The first-order valence-corrected chi connectivity index (χ1v) is 5.76. The minimum Gasteiger partial charge on any atom is -0.496 e. The second kappa shape index (κ2) is 4.64. The normalized spacial score (nSPS) is 28.4. The van der Waals surface area contributed by atoms with Gasteiger partial charge in [-0.3, -0.25) is 0 Å². The van der Waals surface area contributed by atoms with Crippen molar-refractivity contribution >= 4 is 0 Å². The highest BCUT2D eigenvalue weighted by Gasteiger charge is 2.38. The number of hydrogen-bond acceptors (Lipinski definition) is 4. The number of methoxy groups -OCH3 is 1. The molecular weight excluding hydrogens is 218 g/mol. The molecule has 1 fully saturated rings. The topological polar surface area (TPSA) is 53.7 Å². The Labute approximate surface area is 102 Å². The van der Waals surface area contributed by atoms with E-state index in [0.29, 0.717) is 13.2 Å². The van der Waals surface area contributed by atoms with Gasteiger partial charge in [0.25, 0.3) is 0 Å². The van der Waals surface area contributed by atoms with E-state index in [4.69, 9.17) is 19.9 Å². The van der Waals surface area contributed by atoms with Crippen LogP contribution in [0, 0.1) is 6.92 Å². The first-order valence-electron chi connectivity index (χ1n) is 5.76. The maximum atomic E-state index is 5.82. The Balaban J connectivity index is 2.25. The molecule has 1 aliphatic heterocycles. The molecule has 1 aromatic rings. The molecule has 2 rings (SSSR count). The van der Waals surface area contributed by atoms with Crippen LogP contribution in [0.15, 0.2) is 18.2 Å². The first kappa shape index (κ1) is 12.4. The summed E-state index contributed by atoms with van der Waals surface area (Å²) in [5, 5.41) is 0. The van der Waals surface area contributed by atoms with Gasteiger partial charge in [-0.2, -0.15) is 0 Å². The fourth-order valence-electron chi connectivity index (χ4n) is 2.07. The van der Waals surface area contributed by atoms with Crippen molar-refractivity contribution in [2.45, 2.75) is 25.7 Å². The van der Waals surface area contributed by atoms with Crippen LogP contribution in [-0.4, -0.2) is 26.4 Å². The van der Waals surface area contributed by atoms with Crippen molar-refractivity contribution in [3.8, 4) is 5.75 Å². The second-order valence-corrected chi connectivity index (χ2v) is 4.42. The van der Waals surface area contributed by atoms with Crippen LogP contribution in [-0.2, 0) is 15.3 Å². The third-order valence-corrected chi connectivity index (χ3v) is 3.12. The van der Waals surface area contributed by atoms with Gasteiger partial charge in [0, 0.05) is 12.1 Å². The summed E-state index contributed by atoms with van der Waals surface area (Å²) in [7, 11) is 1.66. The molecule has 17 heavy (non-hydrogen) atoms. The monoisotopic (exact) mass is 237 g/mol. The molecule has 0 aliphatic carbocycles. The predicted octanol–water partition coefficient (Wildman–Crippen LogP) is 1.55. The number of nitrogens with two attached hydrogens (primary N) is 1. The first-order chi connectivity index (χ1) is 8.09. The summed E-state index contributed by atoms with van der Waals surface area (Å²) >= 11 is 0. The molecule has 0 amide bonds. The van der Waals surface area contributed by atoms with Gasteiger partial charge in [0.1, 0.15) is 5.75 Å². The Bertz CT molecular complexity index is 408. The van der Waals surface area contributed by atoms with Gasteiger partial charge >= 0.3 is 0 Å². The summed E-state index contributed by atoms with van der Waals surface area (Å²) in [4.78, 5) is 0. The number of benzene rings is 1. The van der Waals surface area contributed by atoms with Crippen LogP contribution in [0.5, 0.6) is 5.75 Å². The molecule has 1 saturated heterocycles. The molecule has 0 saturated carbocycles. The van der Waals surface area contributed by atoms with Crippen molar-refractivity contribution in [3.05, 3.63) is 29.3 Å². The predicted molar refractivity (Wildman–Crippen MR) is 65.0 cm³/mol. The van der Waals surface area contributed by atoms with Gasteiger partial charge in [-0.15, -0.1) is 0 Å². The minimum absolute atomic E-state index is 0.0255. The number of ether oxygens (including phenoxy) is 3. The largest absolute Gasteiger partial charge is 0.496 e. The van der Waals surface area contributed by atoms with Crippen LogP contribution >= 0.6 is 0 Å². The summed E-state index contributed by atoms with van der Waals surface area (Å²) in [5.74, 6) is 0.173. The van der Waals surface area contributed by atoms with Gasteiger partial charge in [-0.25, -0.2) is 0 Å². The Hall–Kier alpha value is -1.10. The lowest BCUT2D eigenvalue weighted by atomic mass is 10.0. The van der Waals surface area contributed by atoms with Crippen molar-refractivity contribution in [2.24, 2.45) is 5.73 Å². The van der Waals surface area contributed by atoms with Crippen LogP contribution in [0.1, 0.15) is 18.1 Å². The second-order valence-electron chi connectivity index (χ2n) is 4.42. The van der Waals surface area contributed by atoms with Gasteiger partial charge in [0.2, 0.25) is 0 Å². The number of hydrogen-bond donors (Lipinski definition) is 1. The van der Waals surface area contributed by atoms with E-state index in [1.54, 1.807) is 7.11 Å². The van der Waals surface area contributed by atoms with Crippen LogP contribution in [0.25, 0.3) is 0 Å². The van der Waals surface area contributed by atoms with Crippen LogP contribution in [0.3, 0.4) is 0 Å². The van der Waals surface area contributed by atoms with Crippen LogP contribution in [0.4, 0.5) is 0 Å². The lowest BCUT2D eigenvalue weighted by Crippen LogP contribution is -2.27. The number of aryl methyl sites for hydroxylation is 1. The van der Waals surface area contributed by atoms with Gasteiger partial charge in [-0.05, 0) is 37.6 Å². The molecular formula is C13H19NO3. The molecule has 1 aliphatic rings. The van der Waals surface area contributed by atoms with Crippen molar-refractivity contribution in [1.82, 2.24) is 0 Å². The van der Waals surface area contributed by atoms with E-state index < -0.39 is 5.79 Å². The molecule has 1 heterocycles. The zero-order chi connectivity index (χ0) is 12.5. The van der Waals surface area contributed by atoms with E-state index in [1.807, 2.05) is 32.0 Å². The van der Waals surface area contributed by atoms with Crippen LogP contribution in [0.2, 0.25) is 0 Å². The van der Waals surface area contributed by atoms with Crippen LogP contribution < -0.4 is 10.5 Å². The highest BCUT2D eigenvalue weighted by Crippen LogP contribution is 2.35. The molecule has 0 bridgehead atoms. The molecule has 2 unspecified atom stereocenters. The molecule has 4 nitrogen and oxygen atoms in total. The Morgan fingerprint density at radius 1 is 1.53 bits per heavy atom. The summed E-state index contributed by atoms with van der Waals surface area (Å²) in [6.07, 6.45) is -0.0255. The average Bonchev–Trinajstić information content (AvgIpc) is 2.72. The van der Waals surface area contributed by atoms with E-state index in [1.165, 1.54) is 0 Å². The van der Waals surface area contributed by atoms with Crippen molar-refractivity contribution in [2.75, 3.05) is 20.3 Å². The van der Waals surface area contributed by atoms with Gasteiger partial charge < -0.3 is 19.9 Å². The third-order valence-electron chi connectivity index (χ3n) is 3.12. The molecule has 4 heteroatoms. The summed E-state index contributed by atoms with van der Waals surface area (Å²) in [6.45, 7) is 4.94. The van der Waals surface area contributed by atoms with E-state index in [2.05, 4.69) is 0 Å².